The van der Waals surface area contributed by atoms with E-state index in [0.717, 1.165) is 15.5 Å². The lowest BCUT2D eigenvalue weighted by Gasteiger charge is -2.25. The molecule has 27 heavy (non-hydrogen) atoms. The van der Waals surface area contributed by atoms with Gasteiger partial charge in [-0.25, -0.2) is 4.98 Å². The first-order valence-corrected chi connectivity index (χ1v) is 9.07. The molecular formula is C19H16F3IN4. The van der Waals surface area contributed by atoms with Crippen LogP contribution in [0, 0.1) is 3.57 Å². The smallest absolute Gasteiger partial charge is 0.329 e. The Morgan fingerprint density at radius 1 is 0.852 bits per heavy atom. The van der Waals surface area contributed by atoms with Gasteiger partial charge in [-0.3, -0.25) is 0 Å². The van der Waals surface area contributed by atoms with Crippen molar-refractivity contribution in [1.29, 1.82) is 0 Å². The summed E-state index contributed by atoms with van der Waals surface area (Å²) in [5.41, 5.74) is 0.502. The Hall–Kier alpha value is -2.36. The lowest BCUT2D eigenvalue weighted by atomic mass is 10.2. The Morgan fingerprint density at radius 3 is 2.04 bits per heavy atom. The van der Waals surface area contributed by atoms with Crippen LogP contribution in [0.25, 0.3) is 0 Å². The predicted octanol–water partition coefficient (Wildman–Crippen LogP) is 5.64. The van der Waals surface area contributed by atoms with E-state index in [1.165, 1.54) is 4.90 Å². The van der Waals surface area contributed by atoms with Crippen molar-refractivity contribution in [2.45, 2.75) is 6.18 Å². The van der Waals surface area contributed by atoms with E-state index >= 15 is 0 Å². The summed E-state index contributed by atoms with van der Waals surface area (Å²) < 4.78 is 41.6. The average molecular weight is 484 g/mol. The molecule has 1 aromatic heterocycles. The number of para-hydroxylation sites is 1. The van der Waals surface area contributed by atoms with Crippen LogP contribution < -0.4 is 9.80 Å². The maximum absolute atomic E-state index is 13.5. The van der Waals surface area contributed by atoms with Gasteiger partial charge in [0.1, 0.15) is 5.56 Å². The van der Waals surface area contributed by atoms with E-state index in [0.29, 0.717) is 5.69 Å². The van der Waals surface area contributed by atoms with E-state index in [1.807, 2.05) is 24.3 Å². The molecule has 3 rings (SSSR count). The van der Waals surface area contributed by atoms with Gasteiger partial charge >= 0.3 is 6.18 Å². The van der Waals surface area contributed by atoms with Gasteiger partial charge in [-0.05, 0) is 59.0 Å². The normalized spacial score (nSPS) is 11.3. The zero-order valence-corrected chi connectivity index (χ0v) is 16.7. The summed E-state index contributed by atoms with van der Waals surface area (Å²) in [6, 6.07) is 16.3. The molecule has 4 nitrogen and oxygen atoms in total. The van der Waals surface area contributed by atoms with Gasteiger partial charge in [0.05, 0.1) is 0 Å². The maximum Gasteiger partial charge on any atom is 0.421 e. The van der Waals surface area contributed by atoms with Crippen molar-refractivity contribution in [3.63, 3.8) is 0 Å². The summed E-state index contributed by atoms with van der Waals surface area (Å²) in [5.74, 6) is -0.0157. The summed E-state index contributed by atoms with van der Waals surface area (Å²) in [7, 11) is 3.28. The van der Waals surface area contributed by atoms with Crippen molar-refractivity contribution < 1.29 is 13.2 Å². The molecule has 0 radical (unpaired) electrons. The van der Waals surface area contributed by atoms with Gasteiger partial charge in [-0.1, -0.05) is 18.2 Å². The topological polar surface area (TPSA) is 32.3 Å². The number of benzene rings is 2. The first kappa shape index (κ1) is 19.4. The molecule has 1 heterocycles. The van der Waals surface area contributed by atoms with E-state index in [-0.39, 0.29) is 11.8 Å². The molecule has 0 aliphatic rings. The highest BCUT2D eigenvalue weighted by Gasteiger charge is 2.36. The largest absolute Gasteiger partial charge is 0.421 e. The zero-order chi connectivity index (χ0) is 19.6. The lowest BCUT2D eigenvalue weighted by Crippen LogP contribution is -2.21. The maximum atomic E-state index is 13.5. The summed E-state index contributed by atoms with van der Waals surface area (Å²) in [6.07, 6.45) is -3.72. The number of rotatable bonds is 4. The number of halogens is 4. The predicted molar refractivity (Wildman–Crippen MR) is 109 cm³/mol. The Kier molecular flexibility index (Phi) is 5.54. The third-order valence-corrected chi connectivity index (χ3v) is 4.76. The van der Waals surface area contributed by atoms with Crippen LogP contribution in [0.4, 0.5) is 36.3 Å². The molecule has 8 heteroatoms. The van der Waals surface area contributed by atoms with Crippen LogP contribution in [-0.2, 0) is 6.18 Å². The monoisotopic (exact) mass is 484 g/mol. The molecule has 3 aromatic rings. The number of anilines is 4. The molecule has 0 saturated carbocycles. The second kappa shape index (κ2) is 7.71. The number of aromatic nitrogens is 2. The van der Waals surface area contributed by atoms with E-state index in [2.05, 4.69) is 32.6 Å². The minimum Gasteiger partial charge on any atom is -0.329 e. The fraction of sp³-hybridized carbons (Fsp3) is 0.158. The molecule has 0 fully saturated rings. The highest BCUT2D eigenvalue weighted by molar-refractivity contribution is 14.1. The van der Waals surface area contributed by atoms with E-state index in [1.54, 1.807) is 49.3 Å². The fourth-order valence-corrected chi connectivity index (χ4v) is 2.89. The first-order valence-electron chi connectivity index (χ1n) is 7.99. The summed E-state index contributed by atoms with van der Waals surface area (Å²) in [5, 5.41) is 0. The van der Waals surface area contributed by atoms with Crippen LogP contribution in [0.1, 0.15) is 5.56 Å². The fourth-order valence-electron chi connectivity index (χ4n) is 2.54. The lowest BCUT2D eigenvalue weighted by molar-refractivity contribution is -0.137. The van der Waals surface area contributed by atoms with E-state index in [4.69, 9.17) is 0 Å². The summed E-state index contributed by atoms with van der Waals surface area (Å²) in [6.45, 7) is 0. The van der Waals surface area contributed by atoms with Gasteiger partial charge in [0.25, 0.3) is 0 Å². The van der Waals surface area contributed by atoms with E-state index in [9.17, 15) is 13.2 Å². The molecule has 0 saturated heterocycles. The van der Waals surface area contributed by atoms with Crippen LogP contribution in [0.2, 0.25) is 0 Å². The molecule has 0 unspecified atom stereocenters. The van der Waals surface area contributed by atoms with Crippen molar-refractivity contribution in [3.8, 4) is 0 Å². The number of nitrogens with zero attached hydrogens (tertiary/aromatic N) is 4. The zero-order valence-electron chi connectivity index (χ0n) is 14.6. The van der Waals surface area contributed by atoms with Crippen molar-refractivity contribution in [1.82, 2.24) is 9.97 Å². The van der Waals surface area contributed by atoms with Crippen LogP contribution in [0.15, 0.2) is 60.8 Å². The second-order valence-corrected chi connectivity index (χ2v) is 7.08. The van der Waals surface area contributed by atoms with Gasteiger partial charge in [0, 0.05) is 35.2 Å². The minimum atomic E-state index is -4.56. The van der Waals surface area contributed by atoms with Crippen LogP contribution >= 0.6 is 22.6 Å². The third kappa shape index (κ3) is 4.32. The number of alkyl halides is 3. The Labute approximate surface area is 168 Å². The number of hydrogen-bond acceptors (Lipinski definition) is 4. The van der Waals surface area contributed by atoms with Gasteiger partial charge < -0.3 is 9.80 Å². The molecule has 0 spiro atoms. The van der Waals surface area contributed by atoms with Crippen molar-refractivity contribution in [2.24, 2.45) is 0 Å². The van der Waals surface area contributed by atoms with Crippen molar-refractivity contribution in [3.05, 3.63) is 69.9 Å². The molecular weight excluding hydrogens is 468 g/mol. The summed E-state index contributed by atoms with van der Waals surface area (Å²) in [4.78, 5) is 11.2. The average Bonchev–Trinajstić information content (AvgIpc) is 2.67. The van der Waals surface area contributed by atoms with Gasteiger partial charge in [0.2, 0.25) is 5.95 Å². The van der Waals surface area contributed by atoms with Crippen LogP contribution in [-0.4, -0.2) is 24.1 Å². The third-order valence-electron chi connectivity index (χ3n) is 4.04. The molecule has 0 atom stereocenters. The molecule has 0 aliphatic carbocycles. The Morgan fingerprint density at radius 2 is 1.44 bits per heavy atom. The first-order chi connectivity index (χ1) is 12.8. The second-order valence-electron chi connectivity index (χ2n) is 5.84. The molecule has 0 amide bonds. The van der Waals surface area contributed by atoms with Crippen LogP contribution in [0.3, 0.4) is 0 Å². The van der Waals surface area contributed by atoms with Gasteiger partial charge in [-0.15, -0.1) is 0 Å². The van der Waals surface area contributed by atoms with Gasteiger partial charge in [0.15, 0.2) is 5.82 Å². The highest BCUT2D eigenvalue weighted by Crippen LogP contribution is 2.38. The molecule has 140 valence electrons. The molecule has 0 aliphatic heterocycles. The quantitative estimate of drug-likeness (QED) is 0.449. The minimum absolute atomic E-state index is 0.182. The Balaban J connectivity index is 2.06. The van der Waals surface area contributed by atoms with Crippen LogP contribution in [0.5, 0.6) is 0 Å². The standard InChI is InChI=1S/C19H16F3IN4/c1-26(14-6-4-3-5-7-14)17-16(19(20,21)22)12-24-18(25-17)27(2)15-10-8-13(23)9-11-15/h3-12H,1-2H3. The molecule has 0 N–H and O–H groups in total. The highest BCUT2D eigenvalue weighted by atomic mass is 127. The van der Waals surface area contributed by atoms with E-state index < -0.39 is 11.7 Å². The van der Waals surface area contributed by atoms with Crippen molar-refractivity contribution in [2.75, 3.05) is 23.9 Å². The van der Waals surface area contributed by atoms with Gasteiger partial charge in [-0.2, -0.15) is 18.2 Å². The molecule has 2 aromatic carbocycles. The number of hydrogen-bond donors (Lipinski definition) is 0. The SMILES string of the molecule is CN(c1ccc(I)cc1)c1ncc(C(F)(F)F)c(N(C)c2ccccc2)n1. The van der Waals surface area contributed by atoms with Crippen molar-refractivity contribution >= 4 is 45.7 Å². The summed E-state index contributed by atoms with van der Waals surface area (Å²) >= 11 is 2.19. The Bertz CT molecular complexity index is 914. The molecule has 0 bridgehead atoms.